The van der Waals surface area contributed by atoms with Crippen molar-refractivity contribution in [2.75, 3.05) is 12.0 Å². The molecule has 1 amide bonds. The van der Waals surface area contributed by atoms with Crippen molar-refractivity contribution in [1.82, 2.24) is 4.98 Å². The molecule has 0 fully saturated rings. The first-order valence-electron chi connectivity index (χ1n) is 10.2. The summed E-state index contributed by atoms with van der Waals surface area (Å²) in [7, 11) is 1.63. The Morgan fingerprint density at radius 2 is 1.75 bits per heavy atom. The second kappa shape index (κ2) is 8.69. The van der Waals surface area contributed by atoms with Crippen molar-refractivity contribution in [3.63, 3.8) is 0 Å². The van der Waals surface area contributed by atoms with E-state index in [-0.39, 0.29) is 5.91 Å². The molecule has 3 aromatic carbocycles. The summed E-state index contributed by atoms with van der Waals surface area (Å²) in [4.78, 5) is 19.9. The van der Waals surface area contributed by atoms with Gasteiger partial charge in [-0.15, -0.1) is 0 Å². The van der Waals surface area contributed by atoms with Crippen LogP contribution in [0.2, 0.25) is 0 Å². The number of thiazole rings is 1. The molecule has 2 aromatic heterocycles. The molecular weight excluding hydrogens is 420 g/mol. The molecular formula is C26H20N2O3S. The van der Waals surface area contributed by atoms with Gasteiger partial charge in [0.15, 0.2) is 5.13 Å². The fourth-order valence-electron chi connectivity index (χ4n) is 3.51. The first kappa shape index (κ1) is 20.0. The lowest BCUT2D eigenvalue weighted by atomic mass is 10.0. The number of carbonyl (C=O) groups excluding carboxylic acids is 1. The maximum Gasteiger partial charge on any atom is 0.260 e. The van der Waals surface area contributed by atoms with Crippen molar-refractivity contribution in [3.05, 3.63) is 103 Å². The molecule has 32 heavy (non-hydrogen) atoms. The highest BCUT2D eigenvalue weighted by Gasteiger charge is 2.23. The number of amides is 1. The zero-order valence-electron chi connectivity index (χ0n) is 17.4. The molecule has 5 rings (SSSR count). The van der Waals surface area contributed by atoms with Crippen LogP contribution in [-0.2, 0) is 6.54 Å². The molecule has 0 bridgehead atoms. The Labute approximate surface area is 189 Å². The molecule has 6 heteroatoms. The van der Waals surface area contributed by atoms with Crippen LogP contribution >= 0.6 is 11.3 Å². The van der Waals surface area contributed by atoms with Gasteiger partial charge in [0.1, 0.15) is 11.5 Å². The normalized spacial score (nSPS) is 10.9. The predicted octanol–water partition coefficient (Wildman–Crippen LogP) is 6.41. The van der Waals surface area contributed by atoms with Gasteiger partial charge < -0.3 is 9.15 Å². The van der Waals surface area contributed by atoms with Gasteiger partial charge in [-0.25, -0.2) is 4.98 Å². The van der Waals surface area contributed by atoms with Gasteiger partial charge in [-0.2, -0.15) is 0 Å². The summed E-state index contributed by atoms with van der Waals surface area (Å²) in [6.45, 7) is 0.295. The molecule has 0 spiro atoms. The zero-order valence-corrected chi connectivity index (χ0v) is 18.2. The van der Waals surface area contributed by atoms with E-state index in [1.54, 1.807) is 18.3 Å². The molecule has 5 aromatic rings. The standard InChI is InChI=1S/C26H20N2O3S/c1-30-21-13-14-24-23(16-21)27-26(32-24)28(17-22-8-5-15-31-22)25(29)20-11-9-19(10-12-20)18-6-3-2-4-7-18/h2-16H,17H2,1H3. The van der Waals surface area contributed by atoms with Gasteiger partial charge in [0.05, 0.1) is 30.1 Å². The lowest BCUT2D eigenvalue weighted by molar-refractivity contribution is 0.0983. The summed E-state index contributed by atoms with van der Waals surface area (Å²) in [6.07, 6.45) is 1.61. The third kappa shape index (κ3) is 4.00. The summed E-state index contributed by atoms with van der Waals surface area (Å²) < 4.78 is 11.8. The molecule has 0 saturated carbocycles. The number of hydrogen-bond donors (Lipinski definition) is 0. The number of rotatable bonds is 6. The van der Waals surface area contributed by atoms with Gasteiger partial charge in [-0.3, -0.25) is 9.69 Å². The molecule has 0 aliphatic carbocycles. The van der Waals surface area contributed by atoms with Crippen LogP contribution in [-0.4, -0.2) is 18.0 Å². The van der Waals surface area contributed by atoms with Gasteiger partial charge in [-0.05, 0) is 47.5 Å². The monoisotopic (exact) mass is 440 g/mol. The van der Waals surface area contributed by atoms with Crippen molar-refractivity contribution < 1.29 is 13.9 Å². The smallest absolute Gasteiger partial charge is 0.260 e. The summed E-state index contributed by atoms with van der Waals surface area (Å²) in [6, 6.07) is 27.1. The maximum absolute atomic E-state index is 13.5. The Morgan fingerprint density at radius 1 is 0.969 bits per heavy atom. The minimum absolute atomic E-state index is 0.132. The first-order chi connectivity index (χ1) is 15.7. The zero-order chi connectivity index (χ0) is 21.9. The number of benzene rings is 3. The van der Waals surface area contributed by atoms with Gasteiger partial charge in [0.2, 0.25) is 0 Å². The van der Waals surface area contributed by atoms with E-state index < -0.39 is 0 Å². The molecule has 0 atom stereocenters. The number of ether oxygens (including phenoxy) is 1. The third-order valence-electron chi connectivity index (χ3n) is 5.19. The van der Waals surface area contributed by atoms with Crippen LogP contribution < -0.4 is 9.64 Å². The van der Waals surface area contributed by atoms with Crippen LogP contribution in [0.15, 0.2) is 95.6 Å². The SMILES string of the molecule is COc1ccc2sc(N(Cc3ccco3)C(=O)c3ccc(-c4ccccc4)cc3)nc2c1. The van der Waals surface area contributed by atoms with Crippen LogP contribution in [0.5, 0.6) is 5.75 Å². The number of nitrogens with zero attached hydrogens (tertiary/aromatic N) is 2. The average molecular weight is 441 g/mol. The number of aromatic nitrogens is 1. The van der Waals surface area contributed by atoms with Crippen LogP contribution in [0.1, 0.15) is 16.1 Å². The topological polar surface area (TPSA) is 55.6 Å². The lowest BCUT2D eigenvalue weighted by Gasteiger charge is -2.19. The molecule has 0 unspecified atom stereocenters. The minimum atomic E-state index is -0.132. The largest absolute Gasteiger partial charge is 0.497 e. The Morgan fingerprint density at radius 3 is 2.47 bits per heavy atom. The van der Waals surface area contributed by atoms with Crippen molar-refractivity contribution in [2.45, 2.75) is 6.54 Å². The van der Waals surface area contributed by atoms with E-state index >= 15 is 0 Å². The molecule has 158 valence electrons. The molecule has 5 nitrogen and oxygen atoms in total. The molecule has 0 saturated heterocycles. The summed E-state index contributed by atoms with van der Waals surface area (Å²) in [5, 5.41) is 0.613. The Balaban J connectivity index is 1.50. The van der Waals surface area contributed by atoms with E-state index in [1.165, 1.54) is 11.3 Å². The highest BCUT2D eigenvalue weighted by molar-refractivity contribution is 7.22. The average Bonchev–Trinajstić information content (AvgIpc) is 3.52. The van der Waals surface area contributed by atoms with E-state index in [0.29, 0.717) is 23.0 Å². The van der Waals surface area contributed by atoms with Gasteiger partial charge in [-0.1, -0.05) is 53.8 Å². The van der Waals surface area contributed by atoms with Crippen molar-refractivity contribution in [1.29, 1.82) is 0 Å². The van der Waals surface area contributed by atoms with E-state index in [0.717, 1.165) is 27.1 Å². The molecule has 0 radical (unpaired) electrons. The first-order valence-corrected chi connectivity index (χ1v) is 11.0. The van der Waals surface area contributed by atoms with Crippen LogP contribution in [0.3, 0.4) is 0 Å². The van der Waals surface area contributed by atoms with E-state index in [4.69, 9.17) is 14.1 Å². The Hall–Kier alpha value is -3.90. The summed E-state index contributed by atoms with van der Waals surface area (Å²) in [5.74, 6) is 1.29. The van der Waals surface area contributed by atoms with Gasteiger partial charge in [0, 0.05) is 11.6 Å². The van der Waals surface area contributed by atoms with Crippen molar-refractivity contribution in [3.8, 4) is 16.9 Å². The number of furan rings is 1. The number of fused-ring (bicyclic) bond motifs is 1. The minimum Gasteiger partial charge on any atom is -0.497 e. The predicted molar refractivity (Wildman–Crippen MR) is 127 cm³/mol. The van der Waals surface area contributed by atoms with Crippen molar-refractivity contribution in [2.24, 2.45) is 0 Å². The number of carbonyl (C=O) groups is 1. The van der Waals surface area contributed by atoms with E-state index in [9.17, 15) is 4.79 Å². The van der Waals surface area contributed by atoms with Crippen LogP contribution in [0, 0.1) is 0 Å². The van der Waals surface area contributed by atoms with E-state index in [1.807, 2.05) is 72.8 Å². The number of anilines is 1. The molecule has 0 aliphatic rings. The number of hydrogen-bond acceptors (Lipinski definition) is 5. The second-order valence-electron chi connectivity index (χ2n) is 7.24. The summed E-state index contributed by atoms with van der Waals surface area (Å²) >= 11 is 1.47. The van der Waals surface area contributed by atoms with Crippen LogP contribution in [0.4, 0.5) is 5.13 Å². The lowest BCUT2D eigenvalue weighted by Crippen LogP contribution is -2.30. The highest BCUT2D eigenvalue weighted by Crippen LogP contribution is 2.33. The molecule has 0 N–H and O–H groups in total. The fraction of sp³-hybridized carbons (Fsp3) is 0.0769. The third-order valence-corrected chi connectivity index (χ3v) is 6.25. The number of methoxy groups -OCH3 is 1. The molecule has 0 aliphatic heterocycles. The Kier molecular flexibility index (Phi) is 5.44. The highest BCUT2D eigenvalue weighted by atomic mass is 32.1. The fourth-order valence-corrected chi connectivity index (χ4v) is 4.46. The van der Waals surface area contributed by atoms with E-state index in [2.05, 4.69) is 12.1 Å². The second-order valence-corrected chi connectivity index (χ2v) is 8.25. The van der Waals surface area contributed by atoms with Gasteiger partial charge in [0.25, 0.3) is 5.91 Å². The van der Waals surface area contributed by atoms with Crippen molar-refractivity contribution >= 4 is 32.6 Å². The summed E-state index contributed by atoms with van der Waals surface area (Å²) in [5.41, 5.74) is 3.56. The van der Waals surface area contributed by atoms with Crippen LogP contribution in [0.25, 0.3) is 21.3 Å². The molecule has 2 heterocycles. The van der Waals surface area contributed by atoms with Gasteiger partial charge >= 0.3 is 0 Å². The quantitative estimate of drug-likeness (QED) is 0.306. The Bertz CT molecular complexity index is 1340. The maximum atomic E-state index is 13.5.